The number of hydrogen-bond acceptors (Lipinski definition) is 5. The first-order valence-electron chi connectivity index (χ1n) is 7.83. The van der Waals surface area contributed by atoms with Crippen LogP contribution in [0.2, 0.25) is 0 Å². The van der Waals surface area contributed by atoms with Gasteiger partial charge in [-0.2, -0.15) is 0 Å². The standard InChI is InChI=1S/C15H29N3O2/c1-4-20-14(19)15(16)8-7-12(10-15)18-9-5-6-13(11-18)17(2)3/h12-13H,4-11,16H2,1-3H3. The number of ether oxygens (including phenoxy) is 1. The van der Waals surface area contributed by atoms with Crippen molar-refractivity contribution in [1.82, 2.24) is 9.80 Å². The largest absolute Gasteiger partial charge is 0.465 e. The Kier molecular flexibility index (Phi) is 5.04. The first kappa shape index (κ1) is 15.7. The van der Waals surface area contributed by atoms with Crippen LogP contribution in [-0.2, 0) is 9.53 Å². The first-order chi connectivity index (χ1) is 9.46. The second-order valence-corrected chi connectivity index (χ2v) is 6.53. The molecule has 116 valence electrons. The zero-order valence-corrected chi connectivity index (χ0v) is 13.1. The maximum absolute atomic E-state index is 12.0. The lowest BCUT2D eigenvalue weighted by atomic mass is 9.97. The van der Waals surface area contributed by atoms with Crippen LogP contribution in [-0.4, -0.2) is 67.2 Å². The summed E-state index contributed by atoms with van der Waals surface area (Å²) >= 11 is 0. The van der Waals surface area contributed by atoms with Gasteiger partial charge in [-0.1, -0.05) is 0 Å². The molecule has 0 spiro atoms. The average Bonchev–Trinajstić information content (AvgIpc) is 2.83. The normalized spacial score (nSPS) is 35.5. The van der Waals surface area contributed by atoms with Gasteiger partial charge in [0.15, 0.2) is 0 Å². The molecule has 2 fully saturated rings. The molecule has 2 N–H and O–H groups in total. The van der Waals surface area contributed by atoms with Gasteiger partial charge in [-0.25, -0.2) is 0 Å². The average molecular weight is 283 g/mol. The fraction of sp³-hybridized carbons (Fsp3) is 0.933. The van der Waals surface area contributed by atoms with Crippen molar-refractivity contribution < 1.29 is 9.53 Å². The molecule has 1 aliphatic heterocycles. The quantitative estimate of drug-likeness (QED) is 0.774. The lowest BCUT2D eigenvalue weighted by Gasteiger charge is -2.39. The van der Waals surface area contributed by atoms with E-state index in [1.807, 2.05) is 6.92 Å². The van der Waals surface area contributed by atoms with Gasteiger partial charge in [0.25, 0.3) is 0 Å². The highest BCUT2D eigenvalue weighted by Gasteiger charge is 2.45. The van der Waals surface area contributed by atoms with Gasteiger partial charge in [0.1, 0.15) is 5.54 Å². The molecule has 0 amide bonds. The lowest BCUT2D eigenvalue weighted by Crippen LogP contribution is -2.51. The maximum atomic E-state index is 12.0. The third kappa shape index (κ3) is 3.32. The van der Waals surface area contributed by atoms with E-state index in [0.717, 1.165) is 32.4 Å². The minimum absolute atomic E-state index is 0.219. The number of piperidine rings is 1. The van der Waals surface area contributed by atoms with Gasteiger partial charge in [0, 0.05) is 18.6 Å². The van der Waals surface area contributed by atoms with E-state index in [-0.39, 0.29) is 5.97 Å². The van der Waals surface area contributed by atoms with Gasteiger partial charge >= 0.3 is 5.97 Å². The summed E-state index contributed by atoms with van der Waals surface area (Å²) in [5.74, 6) is -0.219. The molecule has 1 aliphatic carbocycles. The van der Waals surface area contributed by atoms with E-state index in [9.17, 15) is 4.79 Å². The summed E-state index contributed by atoms with van der Waals surface area (Å²) in [7, 11) is 4.29. The van der Waals surface area contributed by atoms with Gasteiger partial charge < -0.3 is 15.4 Å². The summed E-state index contributed by atoms with van der Waals surface area (Å²) in [6.07, 6.45) is 5.00. The molecule has 3 unspecified atom stereocenters. The summed E-state index contributed by atoms with van der Waals surface area (Å²) in [5, 5.41) is 0. The van der Waals surface area contributed by atoms with Crippen molar-refractivity contribution in [1.29, 1.82) is 0 Å². The van der Waals surface area contributed by atoms with Crippen LogP contribution in [0.5, 0.6) is 0 Å². The van der Waals surface area contributed by atoms with Gasteiger partial charge in [0.05, 0.1) is 6.61 Å². The van der Waals surface area contributed by atoms with Gasteiger partial charge in [-0.3, -0.25) is 9.69 Å². The van der Waals surface area contributed by atoms with Crippen molar-refractivity contribution >= 4 is 5.97 Å². The van der Waals surface area contributed by atoms with E-state index in [1.165, 1.54) is 12.8 Å². The van der Waals surface area contributed by atoms with Crippen molar-refractivity contribution in [2.75, 3.05) is 33.8 Å². The van der Waals surface area contributed by atoms with Crippen molar-refractivity contribution in [3.63, 3.8) is 0 Å². The highest BCUT2D eigenvalue weighted by Crippen LogP contribution is 2.33. The molecular formula is C15H29N3O2. The SMILES string of the molecule is CCOC(=O)C1(N)CCC(N2CCCC(N(C)C)C2)C1. The molecule has 3 atom stereocenters. The predicted octanol–water partition coefficient (Wildman–Crippen LogP) is 0.826. The zero-order valence-electron chi connectivity index (χ0n) is 13.1. The number of carbonyl (C=O) groups excluding carboxylic acids is 1. The van der Waals surface area contributed by atoms with Crippen LogP contribution in [0.3, 0.4) is 0 Å². The van der Waals surface area contributed by atoms with Crippen molar-refractivity contribution in [2.24, 2.45) is 5.73 Å². The Bertz CT molecular complexity index is 348. The topological polar surface area (TPSA) is 58.8 Å². The number of nitrogens with two attached hydrogens (primary N) is 1. The van der Waals surface area contributed by atoms with E-state index in [2.05, 4.69) is 23.9 Å². The zero-order chi connectivity index (χ0) is 14.8. The molecule has 5 heteroatoms. The number of carbonyl (C=O) groups is 1. The van der Waals surface area contributed by atoms with Crippen LogP contribution >= 0.6 is 0 Å². The lowest BCUT2D eigenvalue weighted by molar-refractivity contribution is -0.149. The third-order valence-electron chi connectivity index (χ3n) is 4.88. The minimum atomic E-state index is -0.758. The molecule has 0 radical (unpaired) electrons. The molecular weight excluding hydrogens is 254 g/mol. The fourth-order valence-corrected chi connectivity index (χ4v) is 3.56. The molecule has 0 aromatic rings. The summed E-state index contributed by atoms with van der Waals surface area (Å²) in [4.78, 5) is 16.8. The smallest absolute Gasteiger partial charge is 0.326 e. The van der Waals surface area contributed by atoms with Crippen molar-refractivity contribution in [3.05, 3.63) is 0 Å². The van der Waals surface area contributed by atoms with Crippen LogP contribution in [0.15, 0.2) is 0 Å². The number of hydrogen-bond donors (Lipinski definition) is 1. The Hall–Kier alpha value is -0.650. The Morgan fingerprint density at radius 3 is 2.85 bits per heavy atom. The van der Waals surface area contributed by atoms with Crippen molar-refractivity contribution in [3.8, 4) is 0 Å². The van der Waals surface area contributed by atoms with Crippen LogP contribution in [0, 0.1) is 0 Å². The molecule has 0 aromatic heterocycles. The maximum Gasteiger partial charge on any atom is 0.326 e. The molecule has 20 heavy (non-hydrogen) atoms. The Morgan fingerprint density at radius 2 is 2.20 bits per heavy atom. The molecule has 0 bridgehead atoms. The summed E-state index contributed by atoms with van der Waals surface area (Å²) in [5.41, 5.74) is 5.51. The number of esters is 1. The molecule has 1 saturated carbocycles. The second kappa shape index (κ2) is 6.41. The predicted molar refractivity (Wildman–Crippen MR) is 79.5 cm³/mol. The van der Waals surface area contributed by atoms with Gasteiger partial charge in [-0.15, -0.1) is 0 Å². The minimum Gasteiger partial charge on any atom is -0.465 e. The van der Waals surface area contributed by atoms with Crippen LogP contribution < -0.4 is 5.73 Å². The molecule has 0 aromatic carbocycles. The second-order valence-electron chi connectivity index (χ2n) is 6.53. The van der Waals surface area contributed by atoms with E-state index < -0.39 is 5.54 Å². The first-order valence-corrected chi connectivity index (χ1v) is 7.83. The molecule has 1 saturated heterocycles. The van der Waals surface area contributed by atoms with Crippen LogP contribution in [0.25, 0.3) is 0 Å². The number of rotatable bonds is 4. The summed E-state index contributed by atoms with van der Waals surface area (Å²) < 4.78 is 5.13. The third-order valence-corrected chi connectivity index (χ3v) is 4.88. The van der Waals surface area contributed by atoms with E-state index in [1.54, 1.807) is 0 Å². The molecule has 2 rings (SSSR count). The Balaban J connectivity index is 1.93. The highest BCUT2D eigenvalue weighted by atomic mass is 16.5. The summed E-state index contributed by atoms with van der Waals surface area (Å²) in [6, 6.07) is 1.06. The number of likely N-dealkylation sites (tertiary alicyclic amines) is 1. The molecule has 1 heterocycles. The van der Waals surface area contributed by atoms with Crippen LogP contribution in [0.1, 0.15) is 39.0 Å². The van der Waals surface area contributed by atoms with E-state index in [0.29, 0.717) is 18.7 Å². The van der Waals surface area contributed by atoms with Crippen LogP contribution in [0.4, 0.5) is 0 Å². The van der Waals surface area contributed by atoms with E-state index in [4.69, 9.17) is 10.5 Å². The fourth-order valence-electron chi connectivity index (χ4n) is 3.56. The summed E-state index contributed by atoms with van der Waals surface area (Å²) in [6.45, 7) is 4.47. The van der Waals surface area contributed by atoms with E-state index >= 15 is 0 Å². The number of likely N-dealkylation sites (N-methyl/N-ethyl adjacent to an activating group) is 1. The monoisotopic (exact) mass is 283 g/mol. The Morgan fingerprint density at radius 1 is 1.45 bits per heavy atom. The molecule has 5 nitrogen and oxygen atoms in total. The Labute approximate surface area is 122 Å². The number of nitrogens with zero attached hydrogens (tertiary/aromatic N) is 2. The highest BCUT2D eigenvalue weighted by molar-refractivity contribution is 5.81. The van der Waals surface area contributed by atoms with Crippen molar-refractivity contribution in [2.45, 2.75) is 56.7 Å². The van der Waals surface area contributed by atoms with Gasteiger partial charge in [-0.05, 0) is 59.7 Å². The van der Waals surface area contributed by atoms with Gasteiger partial charge in [0.2, 0.25) is 0 Å². The molecule has 2 aliphatic rings.